The molecule has 0 spiro atoms. The Morgan fingerprint density at radius 1 is 1.42 bits per heavy atom. The van der Waals surface area contributed by atoms with Crippen LogP contribution in [0.4, 0.5) is 0 Å². The molecular weight excluding hydrogens is 242 g/mol. The second-order valence-electron chi connectivity index (χ2n) is 6.42. The van der Waals surface area contributed by atoms with E-state index in [1.165, 1.54) is 6.08 Å². The lowest BCUT2D eigenvalue weighted by molar-refractivity contribution is -0.310. The van der Waals surface area contributed by atoms with Gasteiger partial charge in [-0.2, -0.15) is 5.06 Å². The molecule has 1 aliphatic rings. The van der Waals surface area contributed by atoms with Gasteiger partial charge in [0.15, 0.2) is 0 Å². The molecular formula is C15H27NO3. The maximum absolute atomic E-state index is 11.5. The molecule has 2 atom stereocenters. The summed E-state index contributed by atoms with van der Waals surface area (Å²) in [6, 6.07) is 0. The first-order chi connectivity index (χ1) is 8.66. The van der Waals surface area contributed by atoms with Crippen molar-refractivity contribution in [3.8, 4) is 0 Å². The SMILES string of the molecule is C=CC(=O)OC1C(C)CC(C)(C)N(OCC)C1(C)C. The fourth-order valence-corrected chi connectivity index (χ4v) is 3.47. The minimum absolute atomic E-state index is 0.0873. The van der Waals surface area contributed by atoms with Crippen molar-refractivity contribution in [1.29, 1.82) is 0 Å². The van der Waals surface area contributed by atoms with E-state index in [-0.39, 0.29) is 29.1 Å². The summed E-state index contributed by atoms with van der Waals surface area (Å²) in [5, 5.41) is 1.99. The Kier molecular flexibility index (Phi) is 4.80. The van der Waals surface area contributed by atoms with Crippen molar-refractivity contribution in [3.63, 3.8) is 0 Å². The molecule has 0 amide bonds. The standard InChI is InChI=1S/C15H27NO3/c1-8-12(17)19-13-11(3)10-14(4,5)16(18-9-2)15(13,6)7/h8,11,13H,1,9-10H2,2-7H3. The number of esters is 1. The Balaban J connectivity index is 3.05. The number of ether oxygens (including phenoxy) is 1. The monoisotopic (exact) mass is 269 g/mol. The highest BCUT2D eigenvalue weighted by atomic mass is 16.7. The zero-order valence-electron chi connectivity index (χ0n) is 13.0. The smallest absolute Gasteiger partial charge is 0.330 e. The Morgan fingerprint density at radius 3 is 2.47 bits per heavy atom. The summed E-state index contributed by atoms with van der Waals surface area (Å²) in [5.41, 5.74) is -0.466. The maximum Gasteiger partial charge on any atom is 0.330 e. The molecule has 0 bridgehead atoms. The Bertz CT molecular complexity index is 349. The predicted molar refractivity (Wildman–Crippen MR) is 75.5 cm³/mol. The summed E-state index contributed by atoms with van der Waals surface area (Å²) in [6.07, 6.45) is 1.91. The molecule has 19 heavy (non-hydrogen) atoms. The van der Waals surface area contributed by atoms with E-state index in [2.05, 4.69) is 41.2 Å². The molecule has 4 heteroatoms. The third-order valence-electron chi connectivity index (χ3n) is 3.78. The van der Waals surface area contributed by atoms with Crippen molar-refractivity contribution in [2.24, 2.45) is 5.92 Å². The van der Waals surface area contributed by atoms with Crippen LogP contribution in [0.15, 0.2) is 12.7 Å². The number of rotatable bonds is 4. The minimum Gasteiger partial charge on any atom is -0.457 e. The van der Waals surface area contributed by atoms with Gasteiger partial charge in [0.2, 0.25) is 0 Å². The maximum atomic E-state index is 11.5. The summed E-state index contributed by atoms with van der Waals surface area (Å²) < 4.78 is 5.56. The average molecular weight is 269 g/mol. The van der Waals surface area contributed by atoms with E-state index < -0.39 is 0 Å². The van der Waals surface area contributed by atoms with Crippen molar-refractivity contribution in [3.05, 3.63) is 12.7 Å². The lowest BCUT2D eigenvalue weighted by Gasteiger charge is -2.56. The van der Waals surface area contributed by atoms with E-state index in [4.69, 9.17) is 9.57 Å². The summed E-state index contributed by atoms with van der Waals surface area (Å²) in [4.78, 5) is 17.4. The van der Waals surface area contributed by atoms with Crippen LogP contribution < -0.4 is 0 Å². The fraction of sp³-hybridized carbons (Fsp3) is 0.800. The van der Waals surface area contributed by atoms with E-state index in [0.717, 1.165) is 6.42 Å². The lowest BCUT2D eigenvalue weighted by Crippen LogP contribution is -2.67. The van der Waals surface area contributed by atoms with Gasteiger partial charge in [0.05, 0.1) is 12.1 Å². The van der Waals surface area contributed by atoms with Crippen LogP contribution in [0.25, 0.3) is 0 Å². The molecule has 1 fully saturated rings. The first-order valence-electron chi connectivity index (χ1n) is 6.93. The Morgan fingerprint density at radius 2 is 2.00 bits per heavy atom. The molecule has 110 valence electrons. The van der Waals surface area contributed by atoms with E-state index in [9.17, 15) is 4.79 Å². The molecule has 2 unspecified atom stereocenters. The number of hydroxylamine groups is 2. The quantitative estimate of drug-likeness (QED) is 0.581. The van der Waals surface area contributed by atoms with Crippen molar-refractivity contribution < 1.29 is 14.4 Å². The van der Waals surface area contributed by atoms with Crippen molar-refractivity contribution >= 4 is 5.97 Å². The zero-order valence-corrected chi connectivity index (χ0v) is 13.0. The highest BCUT2D eigenvalue weighted by molar-refractivity contribution is 5.81. The lowest BCUT2D eigenvalue weighted by atomic mass is 9.73. The fourth-order valence-electron chi connectivity index (χ4n) is 3.47. The highest BCUT2D eigenvalue weighted by Gasteiger charge is 2.53. The van der Waals surface area contributed by atoms with Crippen LogP contribution >= 0.6 is 0 Å². The second-order valence-corrected chi connectivity index (χ2v) is 6.42. The third-order valence-corrected chi connectivity index (χ3v) is 3.78. The van der Waals surface area contributed by atoms with E-state index in [0.29, 0.717) is 6.61 Å². The number of carbonyl (C=O) groups is 1. The molecule has 1 saturated heterocycles. The molecule has 0 saturated carbocycles. The Labute approximate surface area is 116 Å². The number of piperidine rings is 1. The summed E-state index contributed by atoms with van der Waals surface area (Å²) >= 11 is 0. The van der Waals surface area contributed by atoms with Gasteiger partial charge in [0.1, 0.15) is 6.10 Å². The number of carbonyl (C=O) groups excluding carboxylic acids is 1. The van der Waals surface area contributed by atoms with Gasteiger partial charge in [0.25, 0.3) is 0 Å². The molecule has 0 aromatic heterocycles. The van der Waals surface area contributed by atoms with Crippen LogP contribution in [0.5, 0.6) is 0 Å². The molecule has 0 aromatic carbocycles. The van der Waals surface area contributed by atoms with Gasteiger partial charge in [-0.1, -0.05) is 13.5 Å². The van der Waals surface area contributed by atoms with Gasteiger partial charge in [-0.25, -0.2) is 4.79 Å². The van der Waals surface area contributed by atoms with Crippen LogP contribution in [0.2, 0.25) is 0 Å². The van der Waals surface area contributed by atoms with Crippen LogP contribution in [-0.4, -0.2) is 34.8 Å². The molecule has 0 aliphatic carbocycles. The zero-order chi connectivity index (χ0) is 14.8. The topological polar surface area (TPSA) is 38.8 Å². The van der Waals surface area contributed by atoms with E-state index >= 15 is 0 Å². The van der Waals surface area contributed by atoms with Crippen LogP contribution in [0.3, 0.4) is 0 Å². The van der Waals surface area contributed by atoms with Gasteiger partial charge in [-0.3, -0.25) is 4.84 Å². The molecule has 0 radical (unpaired) electrons. The molecule has 1 aliphatic heterocycles. The predicted octanol–water partition coefficient (Wildman–Crippen LogP) is 2.93. The third kappa shape index (κ3) is 3.18. The normalized spacial score (nSPS) is 29.8. The largest absolute Gasteiger partial charge is 0.457 e. The number of hydrogen-bond donors (Lipinski definition) is 0. The van der Waals surface area contributed by atoms with Gasteiger partial charge in [-0.05, 0) is 47.0 Å². The molecule has 1 heterocycles. The van der Waals surface area contributed by atoms with Crippen molar-refractivity contribution in [2.45, 2.75) is 65.1 Å². The first kappa shape index (κ1) is 16.2. The van der Waals surface area contributed by atoms with E-state index in [1.807, 2.05) is 12.0 Å². The first-order valence-corrected chi connectivity index (χ1v) is 6.93. The summed E-state index contributed by atoms with van der Waals surface area (Å²) in [5.74, 6) is -0.105. The van der Waals surface area contributed by atoms with Crippen LogP contribution in [-0.2, 0) is 14.4 Å². The molecule has 4 nitrogen and oxygen atoms in total. The summed E-state index contributed by atoms with van der Waals surface area (Å²) in [6.45, 7) is 16.6. The second kappa shape index (κ2) is 5.63. The van der Waals surface area contributed by atoms with Gasteiger partial charge in [0, 0.05) is 11.6 Å². The van der Waals surface area contributed by atoms with E-state index in [1.54, 1.807) is 0 Å². The Hall–Kier alpha value is -0.870. The highest BCUT2D eigenvalue weighted by Crippen LogP contribution is 2.43. The molecule has 0 N–H and O–H groups in total. The van der Waals surface area contributed by atoms with Crippen LogP contribution in [0, 0.1) is 5.92 Å². The van der Waals surface area contributed by atoms with Crippen LogP contribution in [0.1, 0.15) is 48.0 Å². The van der Waals surface area contributed by atoms with Crippen molar-refractivity contribution in [2.75, 3.05) is 6.61 Å². The molecule has 1 rings (SSSR count). The number of hydrogen-bond acceptors (Lipinski definition) is 4. The van der Waals surface area contributed by atoms with Gasteiger partial charge >= 0.3 is 5.97 Å². The molecule has 0 aromatic rings. The average Bonchev–Trinajstić information content (AvgIpc) is 2.29. The van der Waals surface area contributed by atoms with Crippen molar-refractivity contribution in [1.82, 2.24) is 5.06 Å². The van der Waals surface area contributed by atoms with Gasteiger partial charge in [-0.15, -0.1) is 0 Å². The number of nitrogens with zero attached hydrogens (tertiary/aromatic N) is 1. The van der Waals surface area contributed by atoms with Gasteiger partial charge < -0.3 is 4.74 Å². The summed E-state index contributed by atoms with van der Waals surface area (Å²) in [7, 11) is 0. The minimum atomic E-state index is -0.379.